The minimum Gasteiger partial charge on any atom is -0.381 e. The van der Waals surface area contributed by atoms with Crippen LogP contribution in [0.2, 0.25) is 0 Å². The van der Waals surface area contributed by atoms with Crippen molar-refractivity contribution in [2.75, 3.05) is 13.2 Å². The zero-order chi connectivity index (χ0) is 10.5. The van der Waals surface area contributed by atoms with Crippen LogP contribution < -0.4 is 0 Å². The molecule has 0 radical (unpaired) electrons. The molecule has 0 saturated heterocycles. The first-order chi connectivity index (χ1) is 5.81. The molecule has 0 aromatic rings. The fourth-order valence-electron chi connectivity index (χ4n) is 0.587. The van der Waals surface area contributed by atoms with E-state index in [1.165, 1.54) is 0 Å². The van der Waals surface area contributed by atoms with E-state index in [4.69, 9.17) is 14.5 Å². The van der Waals surface area contributed by atoms with Gasteiger partial charge in [0.25, 0.3) is 0 Å². The first-order valence-electron chi connectivity index (χ1n) is 3.82. The van der Waals surface area contributed by atoms with Crippen molar-refractivity contribution in [3.63, 3.8) is 0 Å². The lowest BCUT2D eigenvalue weighted by molar-refractivity contribution is 0.0149. The molecule has 4 nitrogen and oxygen atoms in total. The van der Waals surface area contributed by atoms with Crippen molar-refractivity contribution in [1.82, 2.24) is 0 Å². The lowest BCUT2D eigenvalue weighted by Gasteiger charge is -2.16. The summed E-state index contributed by atoms with van der Waals surface area (Å²) in [6.07, 6.45) is -0.265. The van der Waals surface area contributed by atoms with Crippen molar-refractivity contribution in [2.45, 2.75) is 25.4 Å². The molecule has 0 atom stereocenters. The van der Waals surface area contributed by atoms with Crippen molar-refractivity contribution < 1.29 is 27.9 Å². The number of hydrogen-bond donors (Lipinski definition) is 2. The van der Waals surface area contributed by atoms with E-state index in [1.54, 1.807) is 6.92 Å². The molecule has 0 aliphatic carbocycles. The molecule has 0 heterocycles. The number of alkyl halides is 2. The predicted molar refractivity (Wildman–Crippen MR) is 42.7 cm³/mol. The minimum atomic E-state index is -5.33. The second kappa shape index (κ2) is 5.00. The van der Waals surface area contributed by atoms with Gasteiger partial charge in [-0.1, -0.05) is 6.92 Å². The first kappa shape index (κ1) is 13.0. The van der Waals surface area contributed by atoms with E-state index >= 15 is 0 Å². The predicted octanol–water partition coefficient (Wildman–Crippen LogP) is 1.57. The van der Waals surface area contributed by atoms with Crippen LogP contribution in [-0.4, -0.2) is 28.7 Å². The van der Waals surface area contributed by atoms with Gasteiger partial charge in [0.1, 0.15) is 0 Å². The molecule has 0 aliphatic heterocycles. The van der Waals surface area contributed by atoms with Crippen molar-refractivity contribution in [3.8, 4) is 0 Å². The summed E-state index contributed by atoms with van der Waals surface area (Å²) < 4.78 is 39.9. The van der Waals surface area contributed by atoms with E-state index in [2.05, 4.69) is 0 Å². The zero-order valence-electron chi connectivity index (χ0n) is 7.24. The fourth-order valence-corrected chi connectivity index (χ4v) is 0.970. The van der Waals surface area contributed by atoms with Crippen LogP contribution in [0, 0.1) is 0 Å². The third-order valence-corrected chi connectivity index (χ3v) is 2.40. The standard InChI is InChI=1S/C6H13F2O4P/c1-2-4-12-5-3-6(7,8)13(9,10)11/h2-5H2,1H3,(H2,9,10,11). The summed E-state index contributed by atoms with van der Waals surface area (Å²) in [7, 11) is -5.33. The highest BCUT2D eigenvalue weighted by molar-refractivity contribution is 7.53. The Morgan fingerprint density at radius 1 is 1.38 bits per heavy atom. The topological polar surface area (TPSA) is 66.8 Å². The molecule has 0 spiro atoms. The van der Waals surface area contributed by atoms with Crippen LogP contribution in [0.5, 0.6) is 0 Å². The summed E-state index contributed by atoms with van der Waals surface area (Å²) in [5, 5.41) is 0. The molecule has 2 N–H and O–H groups in total. The van der Waals surface area contributed by atoms with Gasteiger partial charge in [0, 0.05) is 13.0 Å². The smallest absolute Gasteiger partial charge is 0.381 e. The second-order valence-electron chi connectivity index (χ2n) is 2.57. The van der Waals surface area contributed by atoms with Crippen molar-refractivity contribution in [2.24, 2.45) is 0 Å². The van der Waals surface area contributed by atoms with Gasteiger partial charge in [-0.3, -0.25) is 4.57 Å². The SMILES string of the molecule is CCCOCCC(F)(F)P(=O)(O)O. The Morgan fingerprint density at radius 3 is 2.31 bits per heavy atom. The van der Waals surface area contributed by atoms with Crippen LogP contribution in [0.3, 0.4) is 0 Å². The van der Waals surface area contributed by atoms with E-state index in [9.17, 15) is 13.3 Å². The summed E-state index contributed by atoms with van der Waals surface area (Å²) in [6, 6.07) is 0. The van der Waals surface area contributed by atoms with Gasteiger partial charge in [0.15, 0.2) is 0 Å². The number of ether oxygens (including phenoxy) is 1. The van der Waals surface area contributed by atoms with Gasteiger partial charge >= 0.3 is 13.3 Å². The van der Waals surface area contributed by atoms with E-state index in [1.807, 2.05) is 0 Å². The zero-order valence-corrected chi connectivity index (χ0v) is 8.14. The van der Waals surface area contributed by atoms with Crippen molar-refractivity contribution in [3.05, 3.63) is 0 Å². The molecular formula is C6H13F2O4P. The first-order valence-corrected chi connectivity index (χ1v) is 5.43. The van der Waals surface area contributed by atoms with Crippen LogP contribution in [0.15, 0.2) is 0 Å². The van der Waals surface area contributed by atoms with Gasteiger partial charge in [-0.2, -0.15) is 8.78 Å². The molecule has 0 rings (SSSR count). The maximum atomic E-state index is 12.5. The number of halogens is 2. The van der Waals surface area contributed by atoms with Gasteiger partial charge < -0.3 is 14.5 Å². The maximum Gasteiger partial charge on any atom is 0.394 e. The van der Waals surface area contributed by atoms with Gasteiger partial charge in [-0.05, 0) is 6.42 Å². The summed E-state index contributed by atoms with van der Waals surface area (Å²) in [5.74, 6) is 0. The molecule has 0 saturated carbocycles. The fraction of sp³-hybridized carbons (Fsp3) is 1.00. The van der Waals surface area contributed by atoms with Gasteiger partial charge in [-0.25, -0.2) is 0 Å². The third-order valence-electron chi connectivity index (χ3n) is 1.32. The largest absolute Gasteiger partial charge is 0.394 e. The highest BCUT2D eigenvalue weighted by atomic mass is 31.2. The average Bonchev–Trinajstić information content (AvgIpc) is 1.96. The molecule has 7 heteroatoms. The summed E-state index contributed by atoms with van der Waals surface area (Å²) in [6.45, 7) is 1.78. The Morgan fingerprint density at radius 2 is 1.92 bits per heavy atom. The van der Waals surface area contributed by atoms with E-state index in [0.717, 1.165) is 0 Å². The summed E-state index contributed by atoms with van der Waals surface area (Å²) in [4.78, 5) is 16.4. The lowest BCUT2D eigenvalue weighted by Crippen LogP contribution is -2.19. The lowest BCUT2D eigenvalue weighted by atomic mass is 10.4. The molecule has 0 aromatic heterocycles. The molecule has 0 amide bonds. The second-order valence-corrected chi connectivity index (χ2v) is 4.31. The Hall–Kier alpha value is -0.0300. The van der Waals surface area contributed by atoms with Crippen LogP contribution in [0.25, 0.3) is 0 Å². The Labute approximate surface area is 75.1 Å². The average molecular weight is 218 g/mol. The molecular weight excluding hydrogens is 205 g/mol. The molecule has 13 heavy (non-hydrogen) atoms. The molecule has 80 valence electrons. The van der Waals surface area contributed by atoms with Gasteiger partial charge in [-0.15, -0.1) is 0 Å². The molecule has 0 aromatic carbocycles. The van der Waals surface area contributed by atoms with Gasteiger partial charge in [0.05, 0.1) is 6.61 Å². The molecule has 0 bridgehead atoms. The van der Waals surface area contributed by atoms with Crippen LogP contribution in [0.4, 0.5) is 8.78 Å². The van der Waals surface area contributed by atoms with Crippen LogP contribution in [0.1, 0.15) is 19.8 Å². The van der Waals surface area contributed by atoms with Crippen LogP contribution in [-0.2, 0) is 9.30 Å². The third kappa shape index (κ3) is 4.67. The van der Waals surface area contributed by atoms with Crippen LogP contribution >= 0.6 is 7.60 Å². The van der Waals surface area contributed by atoms with E-state index in [-0.39, 0.29) is 6.61 Å². The minimum absolute atomic E-state index is 0.317. The van der Waals surface area contributed by atoms with E-state index < -0.39 is 19.7 Å². The van der Waals surface area contributed by atoms with E-state index in [0.29, 0.717) is 13.0 Å². The van der Waals surface area contributed by atoms with Gasteiger partial charge in [0.2, 0.25) is 0 Å². The highest BCUT2D eigenvalue weighted by Crippen LogP contribution is 2.54. The quantitative estimate of drug-likeness (QED) is 0.524. The molecule has 0 unspecified atom stereocenters. The monoisotopic (exact) mass is 218 g/mol. The van der Waals surface area contributed by atoms with Crippen molar-refractivity contribution in [1.29, 1.82) is 0 Å². The molecule has 0 fully saturated rings. The normalized spacial score (nSPS) is 13.3. The Balaban J connectivity index is 3.84. The Bertz CT molecular complexity index is 191. The Kier molecular flexibility index (Phi) is 4.99. The number of hydrogen-bond acceptors (Lipinski definition) is 2. The summed E-state index contributed by atoms with van der Waals surface area (Å²) >= 11 is 0. The molecule has 0 aliphatic rings. The van der Waals surface area contributed by atoms with Crippen molar-refractivity contribution >= 4 is 7.60 Å². The maximum absolute atomic E-state index is 12.5. The highest BCUT2D eigenvalue weighted by Gasteiger charge is 2.47. The summed E-state index contributed by atoms with van der Waals surface area (Å²) in [5.41, 5.74) is -3.97. The number of rotatable bonds is 6.